The Bertz CT molecular complexity index is 166. The van der Waals surface area contributed by atoms with Crippen LogP contribution in [0, 0.1) is 0 Å². The number of alkyl halides is 6. The summed E-state index contributed by atoms with van der Waals surface area (Å²) in [6, 6.07) is 0. The summed E-state index contributed by atoms with van der Waals surface area (Å²) in [7, 11) is 0. The Morgan fingerprint density at radius 2 is 0.941 bits per heavy atom. The lowest BCUT2D eigenvalue weighted by molar-refractivity contribution is -0.136. The second-order valence-electron chi connectivity index (χ2n) is 3.76. The minimum absolute atomic E-state index is 0.00789. The molecule has 0 unspecified atom stereocenters. The molecule has 17 heavy (non-hydrogen) atoms. The molecule has 0 rings (SSSR count). The van der Waals surface area contributed by atoms with Crippen molar-refractivity contribution in [1.29, 1.82) is 0 Å². The highest BCUT2D eigenvalue weighted by atomic mass is 19.4. The first-order valence-electron chi connectivity index (χ1n) is 5.42. The largest absolute Gasteiger partial charge is 0.389 e. The molecule has 0 aromatic rings. The summed E-state index contributed by atoms with van der Waals surface area (Å²) >= 11 is 0. The van der Waals surface area contributed by atoms with E-state index in [0.29, 0.717) is 0 Å². The van der Waals surface area contributed by atoms with Crippen molar-refractivity contribution in [3.63, 3.8) is 0 Å². The van der Waals surface area contributed by atoms with Crippen LogP contribution in [0.5, 0.6) is 0 Å². The second kappa shape index (κ2) is 7.79. The zero-order valence-electron chi connectivity index (χ0n) is 9.33. The Morgan fingerprint density at radius 3 is 1.24 bits per heavy atom. The average molecular weight is 266 g/mol. The summed E-state index contributed by atoms with van der Waals surface area (Å²) in [6.07, 6.45) is -9.44. The minimum Gasteiger partial charge on any atom is -0.381 e. The van der Waals surface area contributed by atoms with Crippen LogP contribution < -0.4 is 0 Å². The fourth-order valence-corrected chi connectivity index (χ4v) is 1.16. The van der Waals surface area contributed by atoms with E-state index < -0.39 is 25.2 Å². The molecule has 0 N–H and O–H groups in total. The van der Waals surface area contributed by atoms with E-state index in [4.69, 9.17) is 4.74 Å². The van der Waals surface area contributed by atoms with Gasteiger partial charge in [-0.15, -0.1) is 0 Å². The molecule has 7 heteroatoms. The van der Waals surface area contributed by atoms with E-state index in [0.717, 1.165) is 0 Å². The maximum absolute atomic E-state index is 11.7. The third-order valence-electron chi connectivity index (χ3n) is 2.00. The first-order chi connectivity index (χ1) is 7.71. The zero-order chi connectivity index (χ0) is 13.4. The van der Waals surface area contributed by atoms with Gasteiger partial charge in [0, 0.05) is 26.1 Å². The number of hydrogen-bond donors (Lipinski definition) is 0. The number of ether oxygens (including phenoxy) is 1. The maximum Gasteiger partial charge on any atom is 0.389 e. The third-order valence-corrected chi connectivity index (χ3v) is 2.00. The van der Waals surface area contributed by atoms with E-state index in [1.807, 2.05) is 0 Å². The fourth-order valence-electron chi connectivity index (χ4n) is 1.16. The van der Waals surface area contributed by atoms with E-state index in [9.17, 15) is 26.3 Å². The molecule has 0 aliphatic rings. The van der Waals surface area contributed by atoms with Crippen LogP contribution in [0.3, 0.4) is 0 Å². The topological polar surface area (TPSA) is 9.23 Å². The molecule has 0 fully saturated rings. The van der Waals surface area contributed by atoms with E-state index >= 15 is 0 Å². The van der Waals surface area contributed by atoms with Crippen molar-refractivity contribution < 1.29 is 31.1 Å². The molecule has 0 aliphatic heterocycles. The highest BCUT2D eigenvalue weighted by Gasteiger charge is 2.26. The molecule has 0 aromatic heterocycles. The molecule has 0 aromatic carbocycles. The standard InChI is InChI=1S/C10H16F6O/c11-9(12,13)5-1-3-7-17-8-4-2-6-10(14,15)16/h1-8H2. The fraction of sp³-hybridized carbons (Fsp3) is 1.00. The van der Waals surface area contributed by atoms with E-state index in [-0.39, 0.29) is 38.9 Å². The Hall–Kier alpha value is -0.460. The number of rotatable bonds is 8. The lowest BCUT2D eigenvalue weighted by Gasteiger charge is -2.07. The normalized spacial score (nSPS) is 13.1. The summed E-state index contributed by atoms with van der Waals surface area (Å²) in [5, 5.41) is 0. The summed E-state index contributed by atoms with van der Waals surface area (Å²) < 4.78 is 75.1. The van der Waals surface area contributed by atoms with Crippen molar-refractivity contribution in [2.45, 2.75) is 50.9 Å². The first-order valence-corrected chi connectivity index (χ1v) is 5.42. The Morgan fingerprint density at radius 1 is 0.588 bits per heavy atom. The van der Waals surface area contributed by atoms with Crippen LogP contribution >= 0.6 is 0 Å². The number of unbranched alkanes of at least 4 members (excludes halogenated alkanes) is 2. The number of halogens is 6. The van der Waals surface area contributed by atoms with Gasteiger partial charge in [-0.05, 0) is 25.7 Å². The number of hydrogen-bond acceptors (Lipinski definition) is 1. The van der Waals surface area contributed by atoms with Gasteiger partial charge in [0.2, 0.25) is 0 Å². The average Bonchev–Trinajstić information content (AvgIpc) is 2.11. The molecule has 104 valence electrons. The zero-order valence-corrected chi connectivity index (χ0v) is 9.33. The van der Waals surface area contributed by atoms with E-state index in [2.05, 4.69) is 0 Å². The van der Waals surface area contributed by atoms with Crippen molar-refractivity contribution in [2.24, 2.45) is 0 Å². The van der Waals surface area contributed by atoms with Gasteiger partial charge in [-0.25, -0.2) is 0 Å². The molecule has 0 heterocycles. The molecule has 0 atom stereocenters. The molecular formula is C10H16F6O. The van der Waals surface area contributed by atoms with Gasteiger partial charge >= 0.3 is 12.4 Å². The van der Waals surface area contributed by atoms with Crippen molar-refractivity contribution in [3.8, 4) is 0 Å². The van der Waals surface area contributed by atoms with E-state index in [1.165, 1.54) is 0 Å². The van der Waals surface area contributed by atoms with Crippen molar-refractivity contribution in [3.05, 3.63) is 0 Å². The van der Waals surface area contributed by atoms with Crippen LogP contribution in [0.15, 0.2) is 0 Å². The molecule has 0 spiro atoms. The summed E-state index contributed by atoms with van der Waals surface area (Å²) in [4.78, 5) is 0. The molecule has 0 saturated heterocycles. The predicted molar refractivity (Wildman–Crippen MR) is 50.6 cm³/mol. The van der Waals surface area contributed by atoms with Crippen molar-refractivity contribution in [2.75, 3.05) is 13.2 Å². The molecule has 0 aliphatic carbocycles. The molecular weight excluding hydrogens is 250 g/mol. The van der Waals surface area contributed by atoms with Gasteiger partial charge in [0.1, 0.15) is 0 Å². The van der Waals surface area contributed by atoms with Crippen LogP contribution in [0.4, 0.5) is 26.3 Å². The smallest absolute Gasteiger partial charge is 0.381 e. The Balaban J connectivity index is 3.15. The predicted octanol–water partition coefficient (Wildman–Crippen LogP) is 4.47. The quantitative estimate of drug-likeness (QED) is 0.465. The Kier molecular flexibility index (Phi) is 7.58. The van der Waals surface area contributed by atoms with E-state index in [1.54, 1.807) is 0 Å². The molecule has 1 nitrogen and oxygen atoms in total. The Labute approximate surface area is 96.1 Å². The van der Waals surface area contributed by atoms with Gasteiger partial charge in [-0.3, -0.25) is 0 Å². The van der Waals surface area contributed by atoms with Crippen molar-refractivity contribution in [1.82, 2.24) is 0 Å². The summed E-state index contributed by atoms with van der Waals surface area (Å²) in [6.45, 7) is 0.337. The van der Waals surface area contributed by atoms with Gasteiger partial charge in [0.15, 0.2) is 0 Å². The maximum atomic E-state index is 11.7. The van der Waals surface area contributed by atoms with Crippen molar-refractivity contribution >= 4 is 0 Å². The lowest BCUT2D eigenvalue weighted by Crippen LogP contribution is -2.08. The van der Waals surface area contributed by atoms with Crippen LogP contribution in [-0.2, 0) is 4.74 Å². The second-order valence-corrected chi connectivity index (χ2v) is 3.76. The van der Waals surface area contributed by atoms with Gasteiger partial charge in [0.05, 0.1) is 0 Å². The molecule has 0 saturated carbocycles. The van der Waals surface area contributed by atoms with Gasteiger partial charge in [0.25, 0.3) is 0 Å². The highest BCUT2D eigenvalue weighted by Crippen LogP contribution is 2.23. The minimum atomic E-state index is -4.15. The van der Waals surface area contributed by atoms with Gasteiger partial charge < -0.3 is 4.74 Å². The highest BCUT2D eigenvalue weighted by molar-refractivity contribution is 4.52. The van der Waals surface area contributed by atoms with Crippen LogP contribution in [0.1, 0.15) is 38.5 Å². The summed E-state index contributed by atoms with van der Waals surface area (Å²) in [5.41, 5.74) is 0. The van der Waals surface area contributed by atoms with Gasteiger partial charge in [-0.2, -0.15) is 26.3 Å². The third kappa shape index (κ3) is 15.5. The lowest BCUT2D eigenvalue weighted by atomic mass is 10.2. The first kappa shape index (κ1) is 16.5. The monoisotopic (exact) mass is 266 g/mol. The molecule has 0 amide bonds. The van der Waals surface area contributed by atoms with Crippen LogP contribution in [0.2, 0.25) is 0 Å². The van der Waals surface area contributed by atoms with Crippen LogP contribution in [-0.4, -0.2) is 25.6 Å². The summed E-state index contributed by atoms with van der Waals surface area (Å²) in [5.74, 6) is 0. The SMILES string of the molecule is FC(F)(F)CCCCOCCCCC(F)(F)F. The van der Waals surface area contributed by atoms with Gasteiger partial charge in [-0.1, -0.05) is 0 Å². The molecule has 0 radical (unpaired) electrons. The molecule has 0 bridgehead atoms. The van der Waals surface area contributed by atoms with Crippen LogP contribution in [0.25, 0.3) is 0 Å².